The van der Waals surface area contributed by atoms with Crippen LogP contribution < -0.4 is 5.32 Å². The van der Waals surface area contributed by atoms with Gasteiger partial charge in [-0.15, -0.1) is 0 Å². The van der Waals surface area contributed by atoms with Gasteiger partial charge in [-0.1, -0.05) is 30.3 Å². The number of aromatic nitrogens is 4. The molecule has 7 nitrogen and oxygen atoms in total. The van der Waals surface area contributed by atoms with E-state index < -0.39 is 29.9 Å². The summed E-state index contributed by atoms with van der Waals surface area (Å²) in [4.78, 5) is 16.0. The third kappa shape index (κ3) is 4.63. The summed E-state index contributed by atoms with van der Waals surface area (Å²) in [7, 11) is 1.32. The first-order chi connectivity index (χ1) is 14.5. The Labute approximate surface area is 177 Å². The summed E-state index contributed by atoms with van der Waals surface area (Å²) in [6, 6.07) is 9.69. The second kappa shape index (κ2) is 8.54. The Morgan fingerprint density at radius 3 is 2.45 bits per heavy atom. The molecule has 0 radical (unpaired) electrons. The van der Waals surface area contributed by atoms with Crippen LogP contribution in [0, 0.1) is 13.8 Å². The highest BCUT2D eigenvalue weighted by Gasteiger charge is 2.58. The van der Waals surface area contributed by atoms with Gasteiger partial charge in [0.05, 0.1) is 18.7 Å². The molecule has 31 heavy (non-hydrogen) atoms. The highest BCUT2D eigenvalue weighted by atomic mass is 19.4. The Hall–Kier alpha value is -3.14. The lowest BCUT2D eigenvalue weighted by Crippen LogP contribution is -2.47. The SMILES string of the molecule is Cc1nn(Cc2ccccc2)c(C)c1CNC(=O)CC(O)(c1nccn1C)C(F)(F)F. The van der Waals surface area contributed by atoms with E-state index in [9.17, 15) is 23.1 Å². The summed E-state index contributed by atoms with van der Waals surface area (Å²) in [5.74, 6) is -1.59. The molecule has 1 atom stereocenters. The molecule has 1 amide bonds. The monoisotopic (exact) mass is 435 g/mol. The van der Waals surface area contributed by atoms with Crippen molar-refractivity contribution < 1.29 is 23.1 Å². The number of hydrogen-bond donors (Lipinski definition) is 2. The number of carbonyl (C=O) groups is 1. The molecule has 3 aromatic rings. The van der Waals surface area contributed by atoms with Gasteiger partial charge in [-0.25, -0.2) is 4.98 Å². The highest BCUT2D eigenvalue weighted by molar-refractivity contribution is 5.77. The Morgan fingerprint density at radius 2 is 1.87 bits per heavy atom. The lowest BCUT2D eigenvalue weighted by molar-refractivity contribution is -0.271. The Balaban J connectivity index is 1.72. The number of halogens is 3. The van der Waals surface area contributed by atoms with Crippen molar-refractivity contribution in [2.45, 2.75) is 45.1 Å². The zero-order valence-corrected chi connectivity index (χ0v) is 17.4. The molecular weight excluding hydrogens is 411 g/mol. The second-order valence-corrected chi connectivity index (χ2v) is 7.47. The highest BCUT2D eigenvalue weighted by Crippen LogP contribution is 2.40. The summed E-state index contributed by atoms with van der Waals surface area (Å²) < 4.78 is 43.7. The number of nitrogens with zero attached hydrogens (tertiary/aromatic N) is 4. The maximum atomic E-state index is 13.6. The number of benzene rings is 1. The maximum Gasteiger partial charge on any atom is 0.425 e. The maximum absolute atomic E-state index is 13.6. The molecule has 0 spiro atoms. The number of rotatable bonds is 7. The fraction of sp³-hybridized carbons (Fsp3) is 0.381. The Bertz CT molecular complexity index is 1060. The topological polar surface area (TPSA) is 85.0 Å². The van der Waals surface area contributed by atoms with Crippen molar-refractivity contribution in [3.05, 3.63) is 71.1 Å². The molecule has 0 aliphatic heterocycles. The van der Waals surface area contributed by atoms with Crippen LogP contribution in [0.2, 0.25) is 0 Å². The van der Waals surface area contributed by atoms with Gasteiger partial charge >= 0.3 is 6.18 Å². The Morgan fingerprint density at radius 1 is 1.19 bits per heavy atom. The predicted molar refractivity (Wildman–Crippen MR) is 107 cm³/mol. The first-order valence-electron chi connectivity index (χ1n) is 9.63. The molecule has 3 rings (SSSR count). The van der Waals surface area contributed by atoms with Crippen LogP contribution in [-0.2, 0) is 30.5 Å². The van der Waals surface area contributed by atoms with Gasteiger partial charge in [0.15, 0.2) is 5.82 Å². The fourth-order valence-corrected chi connectivity index (χ4v) is 3.45. The molecule has 0 aliphatic carbocycles. The first-order valence-corrected chi connectivity index (χ1v) is 9.63. The minimum Gasteiger partial charge on any atom is -0.374 e. The number of carbonyl (C=O) groups excluding carboxylic acids is 1. The molecule has 2 heterocycles. The lowest BCUT2D eigenvalue weighted by Gasteiger charge is -2.29. The minimum atomic E-state index is -5.07. The van der Waals surface area contributed by atoms with E-state index in [1.165, 1.54) is 13.2 Å². The number of aliphatic hydroxyl groups is 1. The average molecular weight is 435 g/mol. The fourth-order valence-electron chi connectivity index (χ4n) is 3.45. The minimum absolute atomic E-state index is 0.000206. The number of amides is 1. The van der Waals surface area contributed by atoms with Gasteiger partial charge in [0.2, 0.25) is 11.5 Å². The van der Waals surface area contributed by atoms with Gasteiger partial charge in [-0.3, -0.25) is 9.48 Å². The number of aryl methyl sites for hydroxylation is 2. The van der Waals surface area contributed by atoms with Crippen LogP contribution >= 0.6 is 0 Å². The van der Waals surface area contributed by atoms with Crippen LogP contribution in [0.3, 0.4) is 0 Å². The third-order valence-corrected chi connectivity index (χ3v) is 5.25. The summed E-state index contributed by atoms with van der Waals surface area (Å²) in [5.41, 5.74) is -0.150. The summed E-state index contributed by atoms with van der Waals surface area (Å²) >= 11 is 0. The molecule has 0 aliphatic rings. The molecule has 2 aromatic heterocycles. The molecule has 0 saturated heterocycles. The van der Waals surface area contributed by atoms with Gasteiger partial charge in [0.25, 0.3) is 0 Å². The van der Waals surface area contributed by atoms with Gasteiger partial charge in [-0.05, 0) is 19.4 Å². The van der Waals surface area contributed by atoms with Crippen molar-refractivity contribution in [2.75, 3.05) is 0 Å². The second-order valence-electron chi connectivity index (χ2n) is 7.47. The van der Waals surface area contributed by atoms with Crippen molar-refractivity contribution in [1.29, 1.82) is 0 Å². The smallest absolute Gasteiger partial charge is 0.374 e. The largest absolute Gasteiger partial charge is 0.425 e. The molecule has 2 N–H and O–H groups in total. The van der Waals surface area contributed by atoms with Crippen molar-refractivity contribution in [3.63, 3.8) is 0 Å². The standard InChI is InChI=1S/C21H24F3N5O2/c1-14-17(15(2)29(27-14)13-16-7-5-4-6-8-16)12-26-18(30)11-20(31,21(22,23)24)19-25-9-10-28(19)3/h4-10,31H,11-13H2,1-3H3,(H,26,30). The Kier molecular flexibility index (Phi) is 6.21. The lowest BCUT2D eigenvalue weighted by atomic mass is 9.97. The molecule has 166 valence electrons. The molecule has 0 fully saturated rings. The quantitative estimate of drug-likeness (QED) is 0.598. The number of alkyl halides is 3. The molecule has 0 bridgehead atoms. The van der Waals surface area contributed by atoms with Crippen molar-refractivity contribution in [1.82, 2.24) is 24.6 Å². The summed E-state index contributed by atoms with van der Waals surface area (Å²) in [6.07, 6.45) is -3.86. The van der Waals surface area contributed by atoms with Crippen molar-refractivity contribution in [2.24, 2.45) is 7.05 Å². The van der Waals surface area contributed by atoms with Crippen molar-refractivity contribution in [3.8, 4) is 0 Å². The molecule has 0 saturated carbocycles. The van der Waals surface area contributed by atoms with Crippen LogP contribution in [0.15, 0.2) is 42.7 Å². The molecule has 1 unspecified atom stereocenters. The van der Waals surface area contributed by atoms with E-state index in [-0.39, 0.29) is 6.54 Å². The van der Waals surface area contributed by atoms with Crippen LogP contribution in [-0.4, -0.2) is 36.5 Å². The van der Waals surface area contributed by atoms with Gasteiger partial charge in [-0.2, -0.15) is 18.3 Å². The van der Waals surface area contributed by atoms with E-state index in [0.29, 0.717) is 12.2 Å². The van der Waals surface area contributed by atoms with Gasteiger partial charge < -0.3 is 15.0 Å². The van der Waals surface area contributed by atoms with Crippen LogP contribution in [0.4, 0.5) is 13.2 Å². The summed E-state index contributed by atoms with van der Waals surface area (Å²) in [5, 5.41) is 17.3. The molecular formula is C21H24F3N5O2. The molecule has 10 heteroatoms. The zero-order chi connectivity index (χ0) is 22.8. The first kappa shape index (κ1) is 22.5. The van der Waals surface area contributed by atoms with E-state index >= 15 is 0 Å². The van der Waals surface area contributed by atoms with Crippen LogP contribution in [0.1, 0.15) is 34.8 Å². The van der Waals surface area contributed by atoms with E-state index in [1.54, 1.807) is 11.6 Å². The predicted octanol–water partition coefficient (Wildman–Crippen LogP) is 2.74. The average Bonchev–Trinajstić information content (AvgIpc) is 3.23. The zero-order valence-electron chi connectivity index (χ0n) is 17.4. The van der Waals surface area contributed by atoms with E-state index in [4.69, 9.17) is 0 Å². The normalized spacial score (nSPS) is 13.8. The number of hydrogen-bond acceptors (Lipinski definition) is 4. The number of imidazole rings is 1. The van der Waals surface area contributed by atoms with Gasteiger partial charge in [0.1, 0.15) is 0 Å². The van der Waals surface area contributed by atoms with Crippen molar-refractivity contribution >= 4 is 5.91 Å². The van der Waals surface area contributed by atoms with E-state index in [0.717, 1.165) is 27.6 Å². The summed E-state index contributed by atoms with van der Waals surface area (Å²) in [6.45, 7) is 4.15. The third-order valence-electron chi connectivity index (χ3n) is 5.25. The molecule has 1 aromatic carbocycles. The van der Waals surface area contributed by atoms with E-state index in [1.807, 2.05) is 37.3 Å². The van der Waals surface area contributed by atoms with Gasteiger partial charge in [0, 0.05) is 37.2 Å². The van der Waals surface area contributed by atoms with E-state index in [2.05, 4.69) is 15.4 Å². The number of nitrogens with one attached hydrogen (secondary N) is 1. The van der Waals surface area contributed by atoms with Crippen LogP contribution in [0.25, 0.3) is 0 Å². The van der Waals surface area contributed by atoms with Crippen LogP contribution in [0.5, 0.6) is 0 Å².